The molecule has 0 bridgehead atoms. The van der Waals surface area contributed by atoms with Gasteiger partial charge in [-0.1, -0.05) is 13.0 Å². The van der Waals surface area contributed by atoms with E-state index >= 15 is 0 Å². The van der Waals surface area contributed by atoms with Crippen LogP contribution in [0.3, 0.4) is 0 Å². The number of nitrogens with one attached hydrogen (secondary N) is 2. The zero-order valence-corrected chi connectivity index (χ0v) is 18.5. The molecule has 1 aromatic carbocycles. The highest BCUT2D eigenvalue weighted by atomic mass is 32.1. The molecule has 6 nitrogen and oxygen atoms in total. The van der Waals surface area contributed by atoms with Crippen LogP contribution >= 0.6 is 11.3 Å². The Morgan fingerprint density at radius 2 is 2.03 bits per heavy atom. The summed E-state index contributed by atoms with van der Waals surface area (Å²) >= 11 is 1.45. The van der Waals surface area contributed by atoms with Gasteiger partial charge in [-0.2, -0.15) is 0 Å². The normalized spacial score (nSPS) is 13.3. The average molecular weight is 454 g/mol. The molecule has 0 unspecified atom stereocenters. The highest BCUT2D eigenvalue weighted by Crippen LogP contribution is 2.39. The standard InChI is InChI=1S/C24H24FN3O3S/c1-2-19(31-17-10-8-16(25)9-11-17)22(29)28-24-21(18-6-3-7-20(18)32-24)23(30)27-14-15-5-4-12-26-13-15/h4-5,8-13,19H,2-3,6-7,14H2,1H3,(H,27,30)(H,28,29)/t19-/m1/s1. The van der Waals surface area contributed by atoms with Crippen LogP contribution in [0.2, 0.25) is 0 Å². The van der Waals surface area contributed by atoms with Gasteiger partial charge in [0.2, 0.25) is 0 Å². The van der Waals surface area contributed by atoms with E-state index in [0.29, 0.717) is 29.3 Å². The number of carbonyl (C=O) groups excluding carboxylic acids is 2. The van der Waals surface area contributed by atoms with Crippen LogP contribution < -0.4 is 15.4 Å². The van der Waals surface area contributed by atoms with E-state index in [1.54, 1.807) is 12.4 Å². The van der Waals surface area contributed by atoms with E-state index in [9.17, 15) is 14.0 Å². The van der Waals surface area contributed by atoms with Gasteiger partial charge in [0.25, 0.3) is 11.8 Å². The largest absolute Gasteiger partial charge is 0.481 e. The van der Waals surface area contributed by atoms with Crippen LogP contribution in [-0.2, 0) is 24.2 Å². The van der Waals surface area contributed by atoms with E-state index in [4.69, 9.17) is 4.74 Å². The van der Waals surface area contributed by atoms with Crippen LogP contribution in [0.5, 0.6) is 5.75 Å². The van der Waals surface area contributed by atoms with Crippen LogP contribution in [0.1, 0.15) is 46.1 Å². The fourth-order valence-electron chi connectivity index (χ4n) is 3.70. The first-order valence-corrected chi connectivity index (χ1v) is 11.4. The zero-order valence-electron chi connectivity index (χ0n) is 17.7. The number of anilines is 1. The first kappa shape index (κ1) is 22.0. The molecular weight excluding hydrogens is 429 g/mol. The molecular formula is C24H24FN3O3S. The topological polar surface area (TPSA) is 80.3 Å². The van der Waals surface area contributed by atoms with Gasteiger partial charge in [0.05, 0.1) is 5.56 Å². The fraction of sp³-hybridized carbons (Fsp3) is 0.292. The van der Waals surface area contributed by atoms with Gasteiger partial charge in [0, 0.05) is 23.8 Å². The predicted octanol–water partition coefficient (Wildman–Crippen LogP) is 4.50. The molecule has 2 heterocycles. The molecule has 166 valence electrons. The number of hydrogen-bond acceptors (Lipinski definition) is 5. The molecule has 8 heteroatoms. The maximum atomic E-state index is 13.1. The third kappa shape index (κ3) is 4.96. The highest BCUT2D eigenvalue weighted by molar-refractivity contribution is 7.17. The maximum Gasteiger partial charge on any atom is 0.266 e. The summed E-state index contributed by atoms with van der Waals surface area (Å²) < 4.78 is 18.9. The number of amides is 2. The van der Waals surface area contributed by atoms with Crippen molar-refractivity contribution < 1.29 is 18.7 Å². The number of aromatic nitrogens is 1. The molecule has 0 spiro atoms. The van der Waals surface area contributed by atoms with E-state index in [1.165, 1.54) is 35.6 Å². The predicted molar refractivity (Wildman–Crippen MR) is 121 cm³/mol. The van der Waals surface area contributed by atoms with E-state index in [1.807, 2.05) is 19.1 Å². The Bertz CT molecular complexity index is 1100. The summed E-state index contributed by atoms with van der Waals surface area (Å²) in [6.45, 7) is 2.19. The van der Waals surface area contributed by atoms with Gasteiger partial charge in [-0.15, -0.1) is 11.3 Å². The lowest BCUT2D eigenvalue weighted by Crippen LogP contribution is -2.33. The van der Waals surface area contributed by atoms with Crippen molar-refractivity contribution >= 4 is 28.2 Å². The third-order valence-electron chi connectivity index (χ3n) is 5.32. The summed E-state index contributed by atoms with van der Waals surface area (Å²) in [7, 11) is 0. The van der Waals surface area contributed by atoms with Crippen LogP contribution in [0.4, 0.5) is 9.39 Å². The van der Waals surface area contributed by atoms with Crippen molar-refractivity contribution in [1.29, 1.82) is 0 Å². The molecule has 0 fully saturated rings. The molecule has 1 aliphatic rings. The van der Waals surface area contributed by atoms with Crippen LogP contribution in [0, 0.1) is 5.82 Å². The van der Waals surface area contributed by atoms with Gasteiger partial charge < -0.3 is 15.4 Å². The van der Waals surface area contributed by atoms with E-state index < -0.39 is 6.10 Å². The summed E-state index contributed by atoms with van der Waals surface area (Å²) in [6.07, 6.45) is 5.79. The minimum atomic E-state index is -0.760. The Morgan fingerprint density at radius 3 is 2.75 bits per heavy atom. The summed E-state index contributed by atoms with van der Waals surface area (Å²) in [4.78, 5) is 31.2. The van der Waals surface area contributed by atoms with Crippen molar-refractivity contribution in [3.63, 3.8) is 0 Å². The minimum Gasteiger partial charge on any atom is -0.481 e. The number of nitrogens with zero attached hydrogens (tertiary/aromatic N) is 1. The van der Waals surface area contributed by atoms with Crippen molar-refractivity contribution in [2.75, 3.05) is 5.32 Å². The molecule has 0 saturated heterocycles. The Morgan fingerprint density at radius 1 is 1.22 bits per heavy atom. The number of fused-ring (bicyclic) bond motifs is 1. The fourth-order valence-corrected chi connectivity index (χ4v) is 4.99. The third-order valence-corrected chi connectivity index (χ3v) is 6.52. The maximum absolute atomic E-state index is 13.1. The first-order valence-electron chi connectivity index (χ1n) is 10.6. The second-order valence-corrected chi connectivity index (χ2v) is 8.67. The average Bonchev–Trinajstić information content (AvgIpc) is 3.38. The van der Waals surface area contributed by atoms with Crippen LogP contribution in [0.15, 0.2) is 48.8 Å². The number of pyridine rings is 1. The quantitative estimate of drug-likeness (QED) is 0.526. The summed E-state index contributed by atoms with van der Waals surface area (Å²) in [5.41, 5.74) is 2.45. The smallest absolute Gasteiger partial charge is 0.266 e. The Kier molecular flexibility index (Phi) is 6.80. The number of benzene rings is 1. The molecule has 0 saturated carbocycles. The number of aryl methyl sites for hydroxylation is 1. The Balaban J connectivity index is 1.49. The number of rotatable bonds is 8. The first-order chi connectivity index (χ1) is 15.5. The Labute approximate surface area is 189 Å². The van der Waals surface area contributed by atoms with Crippen molar-refractivity contribution in [1.82, 2.24) is 10.3 Å². The number of hydrogen-bond donors (Lipinski definition) is 2. The second-order valence-electron chi connectivity index (χ2n) is 7.56. The number of carbonyl (C=O) groups is 2. The van der Waals surface area contributed by atoms with Crippen molar-refractivity contribution in [3.8, 4) is 5.75 Å². The molecule has 4 rings (SSSR count). The van der Waals surface area contributed by atoms with Gasteiger partial charge in [0.1, 0.15) is 16.6 Å². The van der Waals surface area contributed by atoms with Gasteiger partial charge in [-0.3, -0.25) is 14.6 Å². The minimum absolute atomic E-state index is 0.212. The molecule has 2 amide bonds. The highest BCUT2D eigenvalue weighted by Gasteiger charge is 2.29. The lowest BCUT2D eigenvalue weighted by Gasteiger charge is -2.17. The molecule has 2 aromatic heterocycles. The molecule has 3 aromatic rings. The zero-order chi connectivity index (χ0) is 22.5. The van der Waals surface area contributed by atoms with Gasteiger partial charge in [0.15, 0.2) is 6.10 Å². The molecule has 1 aliphatic carbocycles. The van der Waals surface area contributed by atoms with Crippen molar-refractivity contribution in [2.24, 2.45) is 0 Å². The van der Waals surface area contributed by atoms with Crippen LogP contribution in [0.25, 0.3) is 0 Å². The SMILES string of the molecule is CC[C@@H](Oc1ccc(F)cc1)C(=O)Nc1sc2c(c1C(=O)NCc1cccnc1)CCC2. The van der Waals surface area contributed by atoms with E-state index in [0.717, 1.165) is 35.3 Å². The molecule has 0 aliphatic heterocycles. The summed E-state index contributed by atoms with van der Waals surface area (Å²) in [5, 5.41) is 6.40. The van der Waals surface area contributed by atoms with Gasteiger partial charge in [-0.25, -0.2) is 4.39 Å². The second kappa shape index (κ2) is 9.91. The van der Waals surface area contributed by atoms with E-state index in [2.05, 4.69) is 15.6 Å². The van der Waals surface area contributed by atoms with Gasteiger partial charge >= 0.3 is 0 Å². The number of halogens is 1. The number of thiophene rings is 1. The lowest BCUT2D eigenvalue weighted by atomic mass is 10.1. The van der Waals surface area contributed by atoms with Gasteiger partial charge in [-0.05, 0) is 67.1 Å². The summed E-state index contributed by atoms with van der Waals surface area (Å²) in [6, 6.07) is 9.27. The van der Waals surface area contributed by atoms with Crippen LogP contribution in [-0.4, -0.2) is 22.9 Å². The lowest BCUT2D eigenvalue weighted by molar-refractivity contribution is -0.122. The summed E-state index contributed by atoms with van der Waals surface area (Å²) in [5.74, 6) is -0.504. The molecule has 32 heavy (non-hydrogen) atoms. The monoisotopic (exact) mass is 453 g/mol. The van der Waals surface area contributed by atoms with Crippen molar-refractivity contribution in [3.05, 3.63) is 76.2 Å². The molecule has 2 N–H and O–H groups in total. The Hall–Kier alpha value is -3.26. The number of ether oxygens (including phenoxy) is 1. The molecule has 0 radical (unpaired) electrons. The van der Waals surface area contributed by atoms with Crippen molar-refractivity contribution in [2.45, 2.75) is 45.3 Å². The van der Waals surface area contributed by atoms with E-state index in [-0.39, 0.29) is 17.6 Å². The molecule has 1 atom stereocenters.